The molecule has 2 heterocycles. The van der Waals surface area contributed by atoms with Crippen molar-refractivity contribution in [3.05, 3.63) is 60.7 Å². The van der Waals surface area contributed by atoms with Crippen molar-refractivity contribution in [2.45, 2.75) is 6.92 Å². The minimum atomic E-state index is 0.623. The maximum atomic E-state index is 5.90. The SMILES string of the molecule is C=C1c2ccccc2N=C(CN2CCNCC2)N1c1ccccc1OCC. The minimum Gasteiger partial charge on any atom is -0.492 e. The molecule has 1 N–H and O–H groups in total. The van der Waals surface area contributed by atoms with E-state index in [9.17, 15) is 0 Å². The van der Waals surface area contributed by atoms with Gasteiger partial charge in [0.05, 0.1) is 24.5 Å². The van der Waals surface area contributed by atoms with Gasteiger partial charge in [-0.2, -0.15) is 0 Å². The van der Waals surface area contributed by atoms with Gasteiger partial charge in [0.25, 0.3) is 0 Å². The van der Waals surface area contributed by atoms with Crippen molar-refractivity contribution in [1.82, 2.24) is 10.2 Å². The standard InChI is InChI=1S/C22H26N4O/c1-3-27-21-11-7-6-10-20(21)26-17(2)18-8-4-5-9-19(18)24-22(26)16-25-14-12-23-13-15-25/h4-11,23H,2-3,12-16H2,1H3. The van der Waals surface area contributed by atoms with E-state index in [1.807, 2.05) is 37.3 Å². The smallest absolute Gasteiger partial charge is 0.143 e. The molecular formula is C22H26N4O. The maximum absolute atomic E-state index is 5.90. The number of nitrogens with zero attached hydrogens (tertiary/aromatic N) is 3. The molecule has 27 heavy (non-hydrogen) atoms. The first-order valence-electron chi connectivity index (χ1n) is 9.59. The summed E-state index contributed by atoms with van der Waals surface area (Å²) >= 11 is 0. The molecule has 2 aromatic carbocycles. The van der Waals surface area contributed by atoms with Gasteiger partial charge >= 0.3 is 0 Å². The second kappa shape index (κ2) is 7.94. The van der Waals surface area contributed by atoms with E-state index in [0.717, 1.165) is 66.9 Å². The highest BCUT2D eigenvalue weighted by Crippen LogP contribution is 2.40. The molecule has 0 unspecified atom stereocenters. The van der Waals surface area contributed by atoms with E-state index < -0.39 is 0 Å². The predicted molar refractivity (Wildman–Crippen MR) is 112 cm³/mol. The van der Waals surface area contributed by atoms with Crippen molar-refractivity contribution in [3.63, 3.8) is 0 Å². The van der Waals surface area contributed by atoms with Crippen LogP contribution in [0.4, 0.5) is 11.4 Å². The molecule has 1 fully saturated rings. The second-order valence-corrected chi connectivity index (χ2v) is 6.75. The van der Waals surface area contributed by atoms with Gasteiger partial charge in [-0.1, -0.05) is 36.9 Å². The molecule has 0 aliphatic carbocycles. The average molecular weight is 362 g/mol. The van der Waals surface area contributed by atoms with Crippen LogP contribution in [0.2, 0.25) is 0 Å². The summed E-state index contributed by atoms with van der Waals surface area (Å²) in [5, 5.41) is 3.41. The molecule has 0 bridgehead atoms. The summed E-state index contributed by atoms with van der Waals surface area (Å²) in [5.41, 5.74) is 3.98. The molecule has 1 saturated heterocycles. The zero-order valence-corrected chi connectivity index (χ0v) is 15.8. The fraction of sp³-hybridized carbons (Fsp3) is 0.318. The van der Waals surface area contributed by atoms with Gasteiger partial charge in [-0.25, -0.2) is 4.99 Å². The molecule has 2 aliphatic heterocycles. The number of nitrogens with one attached hydrogen (secondary N) is 1. The van der Waals surface area contributed by atoms with Gasteiger partial charge in [-0.15, -0.1) is 0 Å². The molecule has 0 spiro atoms. The van der Waals surface area contributed by atoms with Crippen molar-refractivity contribution in [3.8, 4) is 5.75 Å². The van der Waals surface area contributed by atoms with Crippen LogP contribution in [0.3, 0.4) is 0 Å². The van der Waals surface area contributed by atoms with Gasteiger partial charge < -0.3 is 10.1 Å². The molecule has 4 rings (SSSR count). The Hall–Kier alpha value is -2.63. The number of benzene rings is 2. The lowest BCUT2D eigenvalue weighted by molar-refractivity contribution is 0.271. The van der Waals surface area contributed by atoms with Crippen LogP contribution in [0.1, 0.15) is 12.5 Å². The number of ether oxygens (including phenoxy) is 1. The van der Waals surface area contributed by atoms with E-state index in [2.05, 4.69) is 39.9 Å². The quantitative estimate of drug-likeness (QED) is 0.884. The maximum Gasteiger partial charge on any atom is 0.143 e. The summed E-state index contributed by atoms with van der Waals surface area (Å²) < 4.78 is 5.90. The molecule has 5 heteroatoms. The molecular weight excluding hydrogens is 336 g/mol. The van der Waals surface area contributed by atoms with E-state index in [0.29, 0.717) is 6.61 Å². The lowest BCUT2D eigenvalue weighted by atomic mass is 10.1. The Balaban J connectivity index is 1.76. The molecule has 0 radical (unpaired) electrons. The number of piperazine rings is 1. The highest BCUT2D eigenvalue weighted by atomic mass is 16.5. The summed E-state index contributed by atoms with van der Waals surface area (Å²) in [6.07, 6.45) is 0. The van der Waals surface area contributed by atoms with Crippen LogP contribution < -0.4 is 15.0 Å². The first-order chi connectivity index (χ1) is 13.3. The van der Waals surface area contributed by atoms with Gasteiger partial charge in [0.1, 0.15) is 11.6 Å². The van der Waals surface area contributed by atoms with Crippen molar-refractivity contribution < 1.29 is 4.74 Å². The van der Waals surface area contributed by atoms with Crippen molar-refractivity contribution >= 4 is 22.9 Å². The van der Waals surface area contributed by atoms with Crippen molar-refractivity contribution in [2.24, 2.45) is 4.99 Å². The minimum absolute atomic E-state index is 0.623. The van der Waals surface area contributed by atoms with E-state index in [1.54, 1.807) is 0 Å². The molecule has 2 aliphatic rings. The lowest BCUT2D eigenvalue weighted by Gasteiger charge is -2.36. The van der Waals surface area contributed by atoms with Gasteiger partial charge in [0, 0.05) is 37.4 Å². The van der Waals surface area contributed by atoms with Crippen LogP contribution in [0.25, 0.3) is 5.70 Å². The van der Waals surface area contributed by atoms with E-state index in [4.69, 9.17) is 9.73 Å². The fourth-order valence-corrected chi connectivity index (χ4v) is 3.66. The Labute approximate surface area is 161 Å². The number of aliphatic imine (C=N–C) groups is 1. The highest BCUT2D eigenvalue weighted by molar-refractivity contribution is 6.14. The summed E-state index contributed by atoms with van der Waals surface area (Å²) in [7, 11) is 0. The average Bonchev–Trinajstić information content (AvgIpc) is 2.70. The van der Waals surface area contributed by atoms with Gasteiger partial charge in [0.15, 0.2) is 0 Å². The molecule has 0 amide bonds. The number of para-hydroxylation sites is 3. The zero-order valence-electron chi connectivity index (χ0n) is 15.8. The molecule has 140 valence electrons. The predicted octanol–water partition coefficient (Wildman–Crippen LogP) is 3.51. The van der Waals surface area contributed by atoms with E-state index >= 15 is 0 Å². The fourth-order valence-electron chi connectivity index (χ4n) is 3.66. The topological polar surface area (TPSA) is 40.1 Å². The van der Waals surface area contributed by atoms with Crippen LogP contribution >= 0.6 is 0 Å². The third-order valence-corrected chi connectivity index (χ3v) is 4.97. The Kier molecular flexibility index (Phi) is 5.23. The monoisotopic (exact) mass is 362 g/mol. The molecule has 0 atom stereocenters. The number of anilines is 1. The van der Waals surface area contributed by atoms with Crippen molar-refractivity contribution in [2.75, 3.05) is 44.2 Å². The Morgan fingerprint density at radius 3 is 2.63 bits per heavy atom. The van der Waals surface area contributed by atoms with Gasteiger partial charge in [0.2, 0.25) is 0 Å². The van der Waals surface area contributed by atoms with Crippen LogP contribution in [0.5, 0.6) is 5.75 Å². The molecule has 0 saturated carbocycles. The normalized spacial score (nSPS) is 17.4. The number of hydrogen-bond acceptors (Lipinski definition) is 5. The number of rotatable bonds is 5. The van der Waals surface area contributed by atoms with Gasteiger partial charge in [-0.3, -0.25) is 9.80 Å². The molecule has 0 aromatic heterocycles. The largest absolute Gasteiger partial charge is 0.492 e. The molecule has 5 nitrogen and oxygen atoms in total. The van der Waals surface area contributed by atoms with E-state index in [-0.39, 0.29) is 0 Å². The third-order valence-electron chi connectivity index (χ3n) is 4.97. The van der Waals surface area contributed by atoms with E-state index in [1.165, 1.54) is 0 Å². The first-order valence-corrected chi connectivity index (χ1v) is 9.59. The Bertz CT molecular complexity index is 855. The summed E-state index contributed by atoms with van der Waals surface area (Å²) in [6.45, 7) is 11.9. The third kappa shape index (κ3) is 3.61. The van der Waals surface area contributed by atoms with Crippen LogP contribution in [-0.2, 0) is 0 Å². The summed E-state index contributed by atoms with van der Waals surface area (Å²) in [4.78, 5) is 9.61. The van der Waals surface area contributed by atoms with Gasteiger partial charge in [-0.05, 0) is 25.1 Å². The number of fused-ring (bicyclic) bond motifs is 1. The van der Waals surface area contributed by atoms with Crippen LogP contribution in [0.15, 0.2) is 60.1 Å². The Morgan fingerprint density at radius 1 is 1.07 bits per heavy atom. The number of amidine groups is 1. The first kappa shape index (κ1) is 17.8. The van der Waals surface area contributed by atoms with Crippen LogP contribution in [-0.4, -0.2) is 50.1 Å². The van der Waals surface area contributed by atoms with Crippen molar-refractivity contribution in [1.29, 1.82) is 0 Å². The summed E-state index contributed by atoms with van der Waals surface area (Å²) in [6, 6.07) is 16.3. The lowest BCUT2D eigenvalue weighted by Crippen LogP contribution is -2.48. The van der Waals surface area contributed by atoms with Crippen LogP contribution in [0, 0.1) is 0 Å². The second-order valence-electron chi connectivity index (χ2n) is 6.75. The number of hydrogen-bond donors (Lipinski definition) is 1. The zero-order chi connectivity index (χ0) is 18.6. The molecule has 2 aromatic rings. The highest BCUT2D eigenvalue weighted by Gasteiger charge is 2.28. The summed E-state index contributed by atoms with van der Waals surface area (Å²) in [5.74, 6) is 1.85. The Morgan fingerprint density at radius 2 is 1.81 bits per heavy atom.